The zero-order valence-electron chi connectivity index (χ0n) is 13.4. The fourth-order valence-electron chi connectivity index (χ4n) is 2.68. The fraction of sp³-hybridized carbons (Fsp3) is 0.294. The lowest BCUT2D eigenvalue weighted by atomic mass is 9.85. The summed E-state index contributed by atoms with van der Waals surface area (Å²) in [5.41, 5.74) is 0.0580. The van der Waals surface area contributed by atoms with Crippen LogP contribution >= 0.6 is 0 Å². The van der Waals surface area contributed by atoms with Gasteiger partial charge in [0, 0.05) is 43.7 Å². The zero-order valence-corrected chi connectivity index (χ0v) is 13.4. The van der Waals surface area contributed by atoms with Gasteiger partial charge in [-0.1, -0.05) is 24.3 Å². The van der Waals surface area contributed by atoms with Crippen LogP contribution in [0.15, 0.2) is 48.5 Å². The van der Waals surface area contributed by atoms with Crippen molar-refractivity contribution >= 4 is 11.4 Å². The van der Waals surface area contributed by atoms with Crippen LogP contribution in [0, 0.1) is 20.2 Å². The summed E-state index contributed by atoms with van der Waals surface area (Å²) in [6.07, 6.45) is 0.506. The van der Waals surface area contributed by atoms with Crippen molar-refractivity contribution in [2.45, 2.75) is 24.9 Å². The Morgan fingerprint density at radius 3 is 1.44 bits per heavy atom. The molecule has 8 nitrogen and oxygen atoms in total. The van der Waals surface area contributed by atoms with E-state index in [0.717, 1.165) is 0 Å². The minimum atomic E-state index is -1.26. The van der Waals surface area contributed by atoms with Gasteiger partial charge in [0.1, 0.15) is 0 Å². The van der Waals surface area contributed by atoms with Crippen LogP contribution < -0.4 is 0 Å². The summed E-state index contributed by atoms with van der Waals surface area (Å²) < 4.78 is 0. The van der Waals surface area contributed by atoms with E-state index in [9.17, 15) is 30.4 Å². The molecule has 2 aromatic rings. The van der Waals surface area contributed by atoms with Gasteiger partial charge in [-0.15, -0.1) is 0 Å². The number of benzene rings is 2. The topological polar surface area (TPSA) is 127 Å². The van der Waals surface area contributed by atoms with Crippen LogP contribution in [0.25, 0.3) is 0 Å². The molecule has 0 amide bonds. The molecule has 0 aliphatic heterocycles. The first-order valence-corrected chi connectivity index (χ1v) is 7.63. The Labute approximate surface area is 143 Å². The molecule has 0 heterocycles. The molecule has 0 aromatic heterocycles. The molecular weight excluding hydrogens is 328 g/mol. The van der Waals surface area contributed by atoms with Gasteiger partial charge in [-0.2, -0.15) is 0 Å². The molecule has 8 heteroatoms. The summed E-state index contributed by atoms with van der Waals surface area (Å²) in [5.74, 6) is 0. The summed E-state index contributed by atoms with van der Waals surface area (Å²) in [4.78, 5) is 20.4. The van der Waals surface area contributed by atoms with Crippen LogP contribution in [0.2, 0.25) is 0 Å². The van der Waals surface area contributed by atoms with Crippen LogP contribution in [-0.2, 0) is 12.8 Å². The SMILES string of the molecule is O=[N+]([O-])c1ccc(CC(O)(CCO)Cc2ccc([N+](=O)[O-])cc2)cc1. The van der Waals surface area contributed by atoms with Crippen molar-refractivity contribution in [3.05, 3.63) is 79.9 Å². The van der Waals surface area contributed by atoms with Gasteiger partial charge in [0.05, 0.1) is 15.4 Å². The number of nitro groups is 2. The third-order valence-corrected chi connectivity index (χ3v) is 3.94. The second-order valence-corrected chi connectivity index (χ2v) is 5.90. The van der Waals surface area contributed by atoms with Crippen molar-refractivity contribution in [2.75, 3.05) is 6.61 Å². The first-order valence-electron chi connectivity index (χ1n) is 7.63. The number of hydrogen-bond donors (Lipinski definition) is 2. The van der Waals surface area contributed by atoms with E-state index in [0.29, 0.717) is 11.1 Å². The average molecular weight is 346 g/mol. The number of rotatable bonds is 8. The number of aliphatic hydroxyl groups is 2. The van der Waals surface area contributed by atoms with E-state index >= 15 is 0 Å². The van der Waals surface area contributed by atoms with E-state index in [1.807, 2.05) is 0 Å². The van der Waals surface area contributed by atoms with Gasteiger partial charge < -0.3 is 10.2 Å². The Balaban J connectivity index is 2.16. The van der Waals surface area contributed by atoms with Crippen LogP contribution in [0.5, 0.6) is 0 Å². The van der Waals surface area contributed by atoms with Gasteiger partial charge >= 0.3 is 0 Å². The predicted octanol–water partition coefficient (Wildman–Crippen LogP) is 2.40. The van der Waals surface area contributed by atoms with Gasteiger partial charge in [-0.3, -0.25) is 20.2 Å². The maximum Gasteiger partial charge on any atom is 0.269 e. The number of aliphatic hydroxyl groups excluding tert-OH is 1. The number of nitrogens with zero attached hydrogens (tertiary/aromatic N) is 2. The molecule has 2 rings (SSSR count). The van der Waals surface area contributed by atoms with E-state index < -0.39 is 15.4 Å². The Bertz CT molecular complexity index is 683. The van der Waals surface area contributed by atoms with Crippen LogP contribution in [0.3, 0.4) is 0 Å². The lowest BCUT2D eigenvalue weighted by Gasteiger charge is -2.28. The molecule has 132 valence electrons. The highest BCUT2D eigenvalue weighted by atomic mass is 16.6. The van der Waals surface area contributed by atoms with Gasteiger partial charge in [0.2, 0.25) is 0 Å². The predicted molar refractivity (Wildman–Crippen MR) is 90.3 cm³/mol. The molecule has 0 unspecified atom stereocenters. The van der Waals surface area contributed by atoms with Crippen LogP contribution in [0.4, 0.5) is 11.4 Å². The minimum Gasteiger partial charge on any atom is -0.396 e. The number of nitro benzene ring substituents is 2. The summed E-state index contributed by atoms with van der Waals surface area (Å²) >= 11 is 0. The monoisotopic (exact) mass is 346 g/mol. The van der Waals surface area contributed by atoms with Gasteiger partial charge in [-0.05, 0) is 17.5 Å². The van der Waals surface area contributed by atoms with E-state index in [2.05, 4.69) is 0 Å². The fourth-order valence-corrected chi connectivity index (χ4v) is 2.68. The molecule has 0 aliphatic rings. The Kier molecular flexibility index (Phi) is 5.79. The standard InChI is InChI=1S/C17H18N2O6/c20-10-9-17(21,11-13-1-5-15(6-2-13)18(22)23)12-14-3-7-16(8-4-14)19(24)25/h1-8,20-21H,9-12H2. The van der Waals surface area contributed by atoms with E-state index in [4.69, 9.17) is 0 Å². The quantitative estimate of drug-likeness (QED) is 0.558. The first-order chi connectivity index (χ1) is 11.8. The van der Waals surface area contributed by atoms with Crippen molar-refractivity contribution < 1.29 is 20.1 Å². The molecule has 0 radical (unpaired) electrons. The molecule has 0 fully saturated rings. The Hall–Kier alpha value is -2.84. The van der Waals surface area contributed by atoms with Crippen LogP contribution in [0.1, 0.15) is 17.5 Å². The molecule has 2 N–H and O–H groups in total. The largest absolute Gasteiger partial charge is 0.396 e. The van der Waals surface area contributed by atoms with Gasteiger partial charge in [0.15, 0.2) is 0 Å². The van der Waals surface area contributed by atoms with Crippen molar-refractivity contribution in [3.8, 4) is 0 Å². The molecule has 0 bridgehead atoms. The number of hydrogen-bond acceptors (Lipinski definition) is 6. The highest BCUT2D eigenvalue weighted by Gasteiger charge is 2.27. The second-order valence-electron chi connectivity index (χ2n) is 5.90. The number of non-ortho nitro benzene ring substituents is 2. The Morgan fingerprint density at radius 2 is 1.16 bits per heavy atom. The normalized spacial score (nSPS) is 11.3. The lowest BCUT2D eigenvalue weighted by molar-refractivity contribution is -0.385. The van der Waals surface area contributed by atoms with Crippen molar-refractivity contribution in [3.63, 3.8) is 0 Å². The summed E-state index contributed by atoms with van der Waals surface area (Å²) in [6.45, 7) is -0.226. The van der Waals surface area contributed by atoms with E-state index in [1.165, 1.54) is 24.3 Å². The zero-order chi connectivity index (χ0) is 18.4. The molecule has 2 aromatic carbocycles. The summed E-state index contributed by atoms with van der Waals surface area (Å²) in [5, 5.41) is 41.5. The summed E-state index contributed by atoms with van der Waals surface area (Å²) in [6, 6.07) is 11.7. The Morgan fingerprint density at radius 1 is 0.800 bits per heavy atom. The van der Waals surface area contributed by atoms with E-state index in [-0.39, 0.29) is 37.2 Å². The molecule has 0 aliphatic carbocycles. The molecular formula is C17H18N2O6. The summed E-state index contributed by atoms with van der Waals surface area (Å²) in [7, 11) is 0. The van der Waals surface area contributed by atoms with Gasteiger partial charge in [0.25, 0.3) is 11.4 Å². The first kappa shape index (κ1) is 18.5. The second kappa shape index (κ2) is 7.82. The maximum atomic E-state index is 10.8. The molecule has 25 heavy (non-hydrogen) atoms. The van der Waals surface area contributed by atoms with Crippen LogP contribution in [-0.4, -0.2) is 32.3 Å². The third-order valence-electron chi connectivity index (χ3n) is 3.94. The van der Waals surface area contributed by atoms with Gasteiger partial charge in [-0.25, -0.2) is 0 Å². The highest BCUT2D eigenvalue weighted by Crippen LogP contribution is 2.25. The van der Waals surface area contributed by atoms with Crippen molar-refractivity contribution in [1.29, 1.82) is 0 Å². The lowest BCUT2D eigenvalue weighted by Crippen LogP contribution is -2.35. The average Bonchev–Trinajstić information content (AvgIpc) is 2.55. The van der Waals surface area contributed by atoms with E-state index in [1.54, 1.807) is 24.3 Å². The molecule has 0 saturated heterocycles. The molecule has 0 spiro atoms. The maximum absolute atomic E-state index is 10.8. The third kappa shape index (κ3) is 5.07. The molecule has 0 saturated carbocycles. The van der Waals surface area contributed by atoms with Crippen molar-refractivity contribution in [1.82, 2.24) is 0 Å². The van der Waals surface area contributed by atoms with Crippen molar-refractivity contribution in [2.24, 2.45) is 0 Å². The smallest absolute Gasteiger partial charge is 0.269 e. The molecule has 0 atom stereocenters. The highest BCUT2D eigenvalue weighted by molar-refractivity contribution is 5.35. The minimum absolute atomic E-state index is 0.0372.